The Balaban J connectivity index is 1.99. The zero-order chi connectivity index (χ0) is 10.1. The molecule has 0 aromatic rings. The van der Waals surface area contributed by atoms with Crippen LogP contribution < -0.4 is 0 Å². The number of rotatable bonds is 1. The fourth-order valence-corrected chi connectivity index (χ4v) is 2.60. The van der Waals surface area contributed by atoms with E-state index in [4.69, 9.17) is 5.26 Å². The Kier molecular flexibility index (Phi) is 2.73. The second-order valence-corrected chi connectivity index (χ2v) is 4.32. The van der Waals surface area contributed by atoms with Gasteiger partial charge in [-0.2, -0.15) is 5.26 Å². The molecule has 4 heteroatoms. The van der Waals surface area contributed by atoms with Crippen LogP contribution in [0.2, 0.25) is 0 Å². The molecule has 2 N–H and O–H groups in total. The van der Waals surface area contributed by atoms with Gasteiger partial charge in [0.2, 0.25) is 0 Å². The Morgan fingerprint density at radius 3 is 2.36 bits per heavy atom. The maximum absolute atomic E-state index is 9.41. The normalized spacial score (nSPS) is 44.1. The second-order valence-electron chi connectivity index (χ2n) is 4.32. The van der Waals surface area contributed by atoms with Crippen LogP contribution in [-0.2, 0) is 0 Å². The van der Waals surface area contributed by atoms with Crippen molar-refractivity contribution in [1.29, 1.82) is 5.26 Å². The molecule has 0 aromatic carbocycles. The van der Waals surface area contributed by atoms with Crippen LogP contribution in [0, 0.1) is 17.2 Å². The van der Waals surface area contributed by atoms with Gasteiger partial charge in [-0.05, 0) is 12.8 Å². The van der Waals surface area contributed by atoms with Gasteiger partial charge in [-0.3, -0.25) is 4.90 Å². The van der Waals surface area contributed by atoms with E-state index in [1.165, 1.54) is 0 Å². The number of hydrogen-bond donors (Lipinski definition) is 2. The third-order valence-electron chi connectivity index (χ3n) is 3.40. The Bertz CT molecular complexity index is 241. The smallest absolute Gasteiger partial charge is 0.0938 e. The molecule has 1 aliphatic carbocycles. The van der Waals surface area contributed by atoms with Crippen LogP contribution in [0.1, 0.15) is 19.3 Å². The van der Waals surface area contributed by atoms with Crippen LogP contribution >= 0.6 is 0 Å². The van der Waals surface area contributed by atoms with Crippen molar-refractivity contribution in [2.75, 3.05) is 13.1 Å². The molecule has 78 valence electrons. The molecule has 0 radical (unpaired) electrons. The highest BCUT2D eigenvalue weighted by Crippen LogP contribution is 2.31. The monoisotopic (exact) mass is 196 g/mol. The van der Waals surface area contributed by atoms with Crippen molar-refractivity contribution < 1.29 is 10.2 Å². The molecule has 14 heavy (non-hydrogen) atoms. The number of nitrogens with zero attached hydrogens (tertiary/aromatic N) is 2. The van der Waals surface area contributed by atoms with Gasteiger partial charge in [0, 0.05) is 19.1 Å². The summed E-state index contributed by atoms with van der Waals surface area (Å²) in [7, 11) is 0. The van der Waals surface area contributed by atoms with Gasteiger partial charge in [-0.15, -0.1) is 0 Å². The maximum Gasteiger partial charge on any atom is 0.0938 e. The van der Waals surface area contributed by atoms with E-state index >= 15 is 0 Å². The summed E-state index contributed by atoms with van der Waals surface area (Å²) in [5.41, 5.74) is 0. The number of aliphatic hydroxyl groups excluding tert-OH is 2. The van der Waals surface area contributed by atoms with Crippen LogP contribution in [-0.4, -0.2) is 46.5 Å². The Morgan fingerprint density at radius 2 is 1.79 bits per heavy atom. The molecular formula is C10H16N2O2. The summed E-state index contributed by atoms with van der Waals surface area (Å²) in [4.78, 5) is 2.07. The van der Waals surface area contributed by atoms with Crippen molar-refractivity contribution in [3.05, 3.63) is 0 Å². The highest BCUT2D eigenvalue weighted by atomic mass is 16.3. The Hall–Kier alpha value is -0.630. The molecule has 0 aromatic heterocycles. The summed E-state index contributed by atoms with van der Waals surface area (Å²) in [6, 6.07) is 2.57. The molecule has 1 saturated heterocycles. The molecule has 2 fully saturated rings. The summed E-state index contributed by atoms with van der Waals surface area (Å²) in [6.45, 7) is 1.04. The van der Waals surface area contributed by atoms with Crippen molar-refractivity contribution in [1.82, 2.24) is 4.90 Å². The van der Waals surface area contributed by atoms with Gasteiger partial charge >= 0.3 is 0 Å². The van der Waals surface area contributed by atoms with Crippen LogP contribution in [0.4, 0.5) is 0 Å². The minimum Gasteiger partial charge on any atom is -0.389 e. The number of nitriles is 1. The van der Waals surface area contributed by atoms with Crippen molar-refractivity contribution in [2.24, 2.45) is 5.92 Å². The number of likely N-dealkylation sites (tertiary alicyclic amines) is 1. The Labute approximate surface area is 83.8 Å². The van der Waals surface area contributed by atoms with E-state index in [1.807, 2.05) is 0 Å². The first kappa shape index (κ1) is 9.91. The number of β-amino-alcohol motifs (C(OH)–C–C–N with tert-alkyl or cyclic N) is 2. The third-order valence-corrected chi connectivity index (χ3v) is 3.40. The lowest BCUT2D eigenvalue weighted by molar-refractivity contribution is 0.0572. The second kappa shape index (κ2) is 3.85. The van der Waals surface area contributed by atoms with Crippen molar-refractivity contribution >= 4 is 0 Å². The molecule has 4 unspecified atom stereocenters. The van der Waals surface area contributed by atoms with Crippen molar-refractivity contribution in [3.8, 4) is 6.07 Å². The first-order valence-electron chi connectivity index (χ1n) is 5.22. The van der Waals surface area contributed by atoms with E-state index in [1.54, 1.807) is 0 Å². The zero-order valence-corrected chi connectivity index (χ0v) is 8.13. The van der Waals surface area contributed by atoms with Crippen LogP contribution in [0.25, 0.3) is 0 Å². The first-order chi connectivity index (χ1) is 6.72. The van der Waals surface area contributed by atoms with Gasteiger partial charge in [0.1, 0.15) is 0 Å². The highest BCUT2D eigenvalue weighted by molar-refractivity contribution is 5.00. The van der Waals surface area contributed by atoms with E-state index in [9.17, 15) is 10.2 Å². The summed E-state index contributed by atoms with van der Waals surface area (Å²) >= 11 is 0. The highest BCUT2D eigenvalue weighted by Gasteiger charge is 2.39. The largest absolute Gasteiger partial charge is 0.389 e. The lowest BCUT2D eigenvalue weighted by Gasteiger charge is -2.25. The van der Waals surface area contributed by atoms with Crippen LogP contribution in [0.3, 0.4) is 0 Å². The molecule has 2 rings (SSSR count). The van der Waals surface area contributed by atoms with E-state index in [-0.39, 0.29) is 12.0 Å². The lowest BCUT2D eigenvalue weighted by Crippen LogP contribution is -2.36. The first-order valence-corrected chi connectivity index (χ1v) is 5.22. The van der Waals surface area contributed by atoms with Crippen molar-refractivity contribution in [3.63, 3.8) is 0 Å². The van der Waals surface area contributed by atoms with Gasteiger partial charge in [0.15, 0.2) is 0 Å². The van der Waals surface area contributed by atoms with Crippen molar-refractivity contribution in [2.45, 2.75) is 37.5 Å². The topological polar surface area (TPSA) is 67.5 Å². The van der Waals surface area contributed by atoms with Gasteiger partial charge in [0.25, 0.3) is 0 Å². The molecule has 4 nitrogen and oxygen atoms in total. The minimum absolute atomic E-state index is 0.0903. The van der Waals surface area contributed by atoms with Crippen LogP contribution in [0.5, 0.6) is 0 Å². The van der Waals surface area contributed by atoms with E-state index in [0.717, 1.165) is 19.3 Å². The van der Waals surface area contributed by atoms with E-state index in [0.29, 0.717) is 13.1 Å². The predicted octanol–water partition coefficient (Wildman–Crippen LogP) is -0.284. The standard InChI is InChI=1S/C10H16N2O2/c11-4-7-2-1-3-8(7)12-5-9(13)10(14)6-12/h7-10,13-14H,1-3,5-6H2. The molecule has 0 bridgehead atoms. The number of aliphatic hydroxyl groups is 2. The Morgan fingerprint density at radius 1 is 1.14 bits per heavy atom. The molecular weight excluding hydrogens is 180 g/mol. The average Bonchev–Trinajstić information content (AvgIpc) is 2.73. The molecule has 4 atom stereocenters. The summed E-state index contributed by atoms with van der Waals surface area (Å²) < 4.78 is 0. The quantitative estimate of drug-likeness (QED) is 0.605. The maximum atomic E-state index is 9.41. The van der Waals surface area contributed by atoms with Gasteiger partial charge in [-0.25, -0.2) is 0 Å². The lowest BCUT2D eigenvalue weighted by atomic mass is 10.0. The van der Waals surface area contributed by atoms with E-state index < -0.39 is 12.2 Å². The molecule has 2 aliphatic rings. The third kappa shape index (κ3) is 1.63. The molecule has 1 saturated carbocycles. The zero-order valence-electron chi connectivity index (χ0n) is 8.13. The average molecular weight is 196 g/mol. The SMILES string of the molecule is N#CC1CCCC1N1CC(O)C(O)C1. The summed E-state index contributed by atoms with van der Waals surface area (Å²) in [5, 5.41) is 27.8. The van der Waals surface area contributed by atoms with Gasteiger partial charge in [-0.1, -0.05) is 6.42 Å². The minimum atomic E-state index is -0.630. The predicted molar refractivity (Wildman–Crippen MR) is 50.3 cm³/mol. The van der Waals surface area contributed by atoms with E-state index in [2.05, 4.69) is 11.0 Å². The van der Waals surface area contributed by atoms with Crippen LogP contribution in [0.15, 0.2) is 0 Å². The molecule has 1 aliphatic heterocycles. The molecule has 0 amide bonds. The summed E-state index contributed by atoms with van der Waals surface area (Å²) in [6.07, 6.45) is 1.82. The number of hydrogen-bond acceptors (Lipinski definition) is 4. The molecule has 0 spiro atoms. The molecule has 1 heterocycles. The summed E-state index contributed by atoms with van der Waals surface area (Å²) in [5.74, 6) is 0.0903. The van der Waals surface area contributed by atoms with Gasteiger partial charge in [0.05, 0.1) is 24.2 Å². The van der Waals surface area contributed by atoms with Gasteiger partial charge < -0.3 is 10.2 Å². The fraction of sp³-hybridized carbons (Fsp3) is 0.900. The fourth-order valence-electron chi connectivity index (χ4n) is 2.60.